The molecule has 1 aromatic rings. The van der Waals surface area contributed by atoms with Crippen molar-refractivity contribution in [3.63, 3.8) is 0 Å². The van der Waals surface area contributed by atoms with Crippen LogP contribution in [0.4, 0.5) is 4.39 Å². The van der Waals surface area contributed by atoms with E-state index in [4.69, 9.17) is 4.74 Å². The summed E-state index contributed by atoms with van der Waals surface area (Å²) in [6.07, 6.45) is 2.32. The number of ether oxygens (including phenoxy) is 1. The maximum absolute atomic E-state index is 13.1. The summed E-state index contributed by atoms with van der Waals surface area (Å²) in [6.45, 7) is 8.15. The molecular formula is C21H32FN3O4S. The summed E-state index contributed by atoms with van der Waals surface area (Å²) >= 11 is 0. The summed E-state index contributed by atoms with van der Waals surface area (Å²) in [7, 11) is -2.45. The van der Waals surface area contributed by atoms with Gasteiger partial charge in [-0.2, -0.15) is 4.31 Å². The number of carbonyl (C=O) groups is 1. The molecule has 0 radical (unpaired) electrons. The molecule has 2 saturated heterocycles. The molecule has 2 unspecified atom stereocenters. The number of sulfonamides is 1. The minimum absolute atomic E-state index is 0.0214. The monoisotopic (exact) mass is 441 g/mol. The standard InChI is InChI=1S/C21H32FN3O4S/c1-16-12-24(13-17(2)29-16)14-18-8-10-25(11-9-18)21(26)15-23(3)30(27,28)20-6-4-19(22)5-7-20/h4-7,16-18H,8-15H2,1-3H3. The predicted molar refractivity (Wildman–Crippen MR) is 112 cm³/mol. The van der Waals surface area contributed by atoms with Crippen molar-refractivity contribution in [2.24, 2.45) is 5.92 Å². The first-order chi connectivity index (χ1) is 14.1. The molecule has 168 valence electrons. The Bertz CT molecular complexity index is 815. The summed E-state index contributed by atoms with van der Waals surface area (Å²) < 4.78 is 45.1. The van der Waals surface area contributed by atoms with Crippen LogP contribution >= 0.6 is 0 Å². The third kappa shape index (κ3) is 5.78. The van der Waals surface area contributed by atoms with E-state index in [1.54, 1.807) is 4.90 Å². The number of morpholine rings is 1. The fourth-order valence-electron chi connectivity index (χ4n) is 4.33. The molecule has 0 saturated carbocycles. The minimum Gasteiger partial charge on any atom is -0.373 e. The van der Waals surface area contributed by atoms with Crippen LogP contribution in [0, 0.1) is 11.7 Å². The van der Waals surface area contributed by atoms with Crippen molar-refractivity contribution >= 4 is 15.9 Å². The van der Waals surface area contributed by atoms with Gasteiger partial charge in [0.15, 0.2) is 0 Å². The van der Waals surface area contributed by atoms with E-state index in [9.17, 15) is 17.6 Å². The molecule has 2 atom stereocenters. The van der Waals surface area contributed by atoms with E-state index in [2.05, 4.69) is 18.7 Å². The molecule has 7 nitrogen and oxygen atoms in total. The van der Waals surface area contributed by atoms with Crippen LogP contribution in [0.2, 0.25) is 0 Å². The molecule has 9 heteroatoms. The Morgan fingerprint density at radius 2 is 1.70 bits per heavy atom. The summed E-state index contributed by atoms with van der Waals surface area (Å²) in [5.41, 5.74) is 0. The zero-order chi connectivity index (χ0) is 21.9. The zero-order valence-electron chi connectivity index (χ0n) is 18.0. The second-order valence-electron chi connectivity index (χ2n) is 8.52. The lowest BCUT2D eigenvalue weighted by atomic mass is 9.95. The number of hydrogen-bond donors (Lipinski definition) is 0. The lowest BCUT2D eigenvalue weighted by Gasteiger charge is -2.39. The number of piperidine rings is 1. The highest BCUT2D eigenvalue weighted by molar-refractivity contribution is 7.89. The summed E-state index contributed by atoms with van der Waals surface area (Å²) in [6, 6.07) is 4.63. The third-order valence-electron chi connectivity index (χ3n) is 5.86. The lowest BCUT2D eigenvalue weighted by Crippen LogP contribution is -2.49. The van der Waals surface area contributed by atoms with Crippen LogP contribution in [0.15, 0.2) is 29.2 Å². The molecule has 0 N–H and O–H groups in total. The maximum Gasteiger partial charge on any atom is 0.243 e. The van der Waals surface area contributed by atoms with E-state index in [0.717, 1.165) is 48.9 Å². The van der Waals surface area contributed by atoms with E-state index in [-0.39, 0.29) is 29.6 Å². The van der Waals surface area contributed by atoms with Crippen molar-refractivity contribution in [2.45, 2.75) is 43.8 Å². The van der Waals surface area contributed by atoms with E-state index in [1.807, 2.05) is 0 Å². The van der Waals surface area contributed by atoms with Gasteiger partial charge >= 0.3 is 0 Å². The van der Waals surface area contributed by atoms with Gasteiger partial charge in [-0.05, 0) is 56.9 Å². The Morgan fingerprint density at radius 3 is 2.27 bits per heavy atom. The highest BCUT2D eigenvalue weighted by atomic mass is 32.2. The first kappa shape index (κ1) is 23.1. The third-order valence-corrected chi connectivity index (χ3v) is 7.68. The molecule has 2 aliphatic heterocycles. The van der Waals surface area contributed by atoms with Crippen molar-refractivity contribution in [3.05, 3.63) is 30.1 Å². The number of benzene rings is 1. The molecule has 2 fully saturated rings. The Kier molecular flexibility index (Phi) is 7.49. The molecule has 0 bridgehead atoms. The van der Waals surface area contributed by atoms with Crippen molar-refractivity contribution < 1.29 is 22.3 Å². The summed E-state index contributed by atoms with van der Waals surface area (Å²) in [4.78, 5) is 16.8. The molecule has 2 aliphatic rings. The number of likely N-dealkylation sites (tertiary alicyclic amines) is 1. The van der Waals surface area contributed by atoms with Gasteiger partial charge in [-0.25, -0.2) is 12.8 Å². The van der Waals surface area contributed by atoms with Crippen molar-refractivity contribution in [3.8, 4) is 0 Å². The highest BCUT2D eigenvalue weighted by Crippen LogP contribution is 2.22. The molecular weight excluding hydrogens is 409 g/mol. The first-order valence-corrected chi connectivity index (χ1v) is 12.0. The molecule has 2 heterocycles. The van der Waals surface area contributed by atoms with Gasteiger partial charge in [-0.15, -0.1) is 0 Å². The molecule has 1 aromatic carbocycles. The van der Waals surface area contributed by atoms with Gasteiger partial charge < -0.3 is 9.64 Å². The average Bonchev–Trinajstić information content (AvgIpc) is 2.68. The van der Waals surface area contributed by atoms with Gasteiger partial charge in [0.2, 0.25) is 15.9 Å². The van der Waals surface area contributed by atoms with Crippen LogP contribution in [0.25, 0.3) is 0 Å². The Labute approximate surface area is 178 Å². The van der Waals surface area contributed by atoms with Crippen LogP contribution < -0.4 is 0 Å². The molecule has 3 rings (SSSR count). The number of rotatable bonds is 6. The average molecular weight is 442 g/mol. The van der Waals surface area contributed by atoms with Gasteiger partial charge in [-0.3, -0.25) is 9.69 Å². The number of amides is 1. The number of hydrogen-bond acceptors (Lipinski definition) is 5. The topological polar surface area (TPSA) is 70.2 Å². The zero-order valence-corrected chi connectivity index (χ0v) is 18.8. The number of carbonyl (C=O) groups excluding carboxylic acids is 1. The van der Waals surface area contributed by atoms with Gasteiger partial charge in [0.1, 0.15) is 5.82 Å². The first-order valence-electron chi connectivity index (χ1n) is 10.5. The highest BCUT2D eigenvalue weighted by Gasteiger charge is 2.30. The van der Waals surface area contributed by atoms with Crippen LogP contribution in [0.3, 0.4) is 0 Å². The van der Waals surface area contributed by atoms with E-state index >= 15 is 0 Å². The predicted octanol–water partition coefficient (Wildman–Crippen LogP) is 1.79. The molecule has 0 spiro atoms. The molecule has 0 aliphatic carbocycles. The van der Waals surface area contributed by atoms with Crippen molar-refractivity contribution in [1.82, 2.24) is 14.1 Å². The van der Waals surface area contributed by atoms with Gasteiger partial charge in [0, 0.05) is 39.8 Å². The fourth-order valence-corrected chi connectivity index (χ4v) is 5.45. The van der Waals surface area contributed by atoms with E-state index in [0.29, 0.717) is 19.0 Å². The smallest absolute Gasteiger partial charge is 0.243 e. The maximum atomic E-state index is 13.1. The second-order valence-corrected chi connectivity index (χ2v) is 10.6. The van der Waals surface area contributed by atoms with Crippen molar-refractivity contribution in [1.29, 1.82) is 0 Å². The van der Waals surface area contributed by atoms with Crippen LogP contribution in [0.1, 0.15) is 26.7 Å². The van der Waals surface area contributed by atoms with E-state index in [1.165, 1.54) is 19.2 Å². The molecule has 1 amide bonds. The van der Waals surface area contributed by atoms with Crippen LogP contribution in [-0.4, -0.2) is 87.0 Å². The Balaban J connectivity index is 1.48. The Morgan fingerprint density at radius 1 is 1.13 bits per heavy atom. The van der Waals surface area contributed by atoms with Gasteiger partial charge in [-0.1, -0.05) is 0 Å². The van der Waals surface area contributed by atoms with Gasteiger partial charge in [0.25, 0.3) is 0 Å². The number of likely N-dealkylation sites (N-methyl/N-ethyl adjacent to an activating group) is 1. The van der Waals surface area contributed by atoms with E-state index < -0.39 is 15.8 Å². The van der Waals surface area contributed by atoms with Crippen molar-refractivity contribution in [2.75, 3.05) is 46.3 Å². The lowest BCUT2D eigenvalue weighted by molar-refractivity contribution is -0.132. The quantitative estimate of drug-likeness (QED) is 0.673. The van der Waals surface area contributed by atoms with Crippen LogP contribution in [0.5, 0.6) is 0 Å². The minimum atomic E-state index is -3.83. The SMILES string of the molecule is CC1CN(CC2CCN(C(=O)CN(C)S(=O)(=O)c3ccc(F)cc3)CC2)CC(C)O1. The Hall–Kier alpha value is -1.55. The molecule has 30 heavy (non-hydrogen) atoms. The fraction of sp³-hybridized carbons (Fsp3) is 0.667. The largest absolute Gasteiger partial charge is 0.373 e. The normalized spacial score (nSPS) is 24.4. The second kappa shape index (κ2) is 9.72. The van der Waals surface area contributed by atoms with Crippen LogP contribution in [-0.2, 0) is 19.6 Å². The summed E-state index contributed by atoms with van der Waals surface area (Å²) in [5, 5.41) is 0. The molecule has 0 aromatic heterocycles. The number of nitrogens with zero attached hydrogens (tertiary/aromatic N) is 3. The summed E-state index contributed by atoms with van der Waals surface area (Å²) in [5.74, 6) is -0.168. The number of halogens is 1. The van der Waals surface area contributed by atoms with Gasteiger partial charge in [0.05, 0.1) is 23.6 Å².